The number of nitrogens with one attached hydrogen (secondary N) is 1. The van der Waals surface area contributed by atoms with Crippen molar-refractivity contribution in [3.8, 4) is 11.6 Å². The maximum atomic E-state index is 13.8. The number of hydrogen-bond acceptors (Lipinski definition) is 5. The van der Waals surface area contributed by atoms with E-state index in [4.69, 9.17) is 0 Å². The van der Waals surface area contributed by atoms with E-state index in [1.807, 2.05) is 0 Å². The molecule has 0 saturated heterocycles. The molecule has 0 spiro atoms. The fourth-order valence-electron chi connectivity index (χ4n) is 3.05. The van der Waals surface area contributed by atoms with E-state index >= 15 is 0 Å². The second-order valence-corrected chi connectivity index (χ2v) is 6.11. The standard InChI is InChI=1S/C18H14F3N5O2/c19-14-6-10(8-24-17(14)28-18(20)21)5-11-7-12(1-3-22-11)26-15-2-4-23-16(27)13(15)9-25-26/h1,3,6-9,18H,2,4-5H2,(H,23,27). The highest BCUT2D eigenvalue weighted by atomic mass is 19.3. The lowest BCUT2D eigenvalue weighted by atomic mass is 10.1. The quantitative estimate of drug-likeness (QED) is 0.724. The van der Waals surface area contributed by atoms with Gasteiger partial charge < -0.3 is 10.1 Å². The third-order valence-corrected chi connectivity index (χ3v) is 4.26. The molecule has 0 radical (unpaired) electrons. The first-order valence-electron chi connectivity index (χ1n) is 8.41. The van der Waals surface area contributed by atoms with Crippen LogP contribution in [0.4, 0.5) is 13.2 Å². The predicted octanol–water partition coefficient (Wildman–Crippen LogP) is 2.28. The maximum Gasteiger partial charge on any atom is 0.388 e. The van der Waals surface area contributed by atoms with Gasteiger partial charge in [0.2, 0.25) is 0 Å². The van der Waals surface area contributed by atoms with E-state index in [1.165, 1.54) is 12.4 Å². The summed E-state index contributed by atoms with van der Waals surface area (Å²) in [4.78, 5) is 19.7. The highest BCUT2D eigenvalue weighted by Gasteiger charge is 2.22. The third-order valence-electron chi connectivity index (χ3n) is 4.26. The first-order chi connectivity index (χ1) is 13.5. The molecular weight excluding hydrogens is 375 g/mol. The SMILES string of the molecule is O=C1NCCc2c1cnn2-c1ccnc(Cc2cnc(OC(F)F)c(F)c2)c1. The topological polar surface area (TPSA) is 81.9 Å². The van der Waals surface area contributed by atoms with Crippen molar-refractivity contribution in [2.75, 3.05) is 6.54 Å². The lowest BCUT2D eigenvalue weighted by Crippen LogP contribution is -2.32. The molecule has 28 heavy (non-hydrogen) atoms. The van der Waals surface area contributed by atoms with Crippen LogP contribution in [-0.2, 0) is 12.8 Å². The molecule has 4 heterocycles. The molecule has 1 aliphatic rings. The first kappa shape index (κ1) is 18.0. The fourth-order valence-corrected chi connectivity index (χ4v) is 3.05. The number of ether oxygens (including phenoxy) is 1. The van der Waals surface area contributed by atoms with E-state index in [0.717, 1.165) is 11.8 Å². The molecule has 3 aromatic rings. The highest BCUT2D eigenvalue weighted by molar-refractivity contribution is 5.96. The number of rotatable bonds is 5. The van der Waals surface area contributed by atoms with Gasteiger partial charge in [-0.2, -0.15) is 13.9 Å². The molecule has 0 unspecified atom stereocenters. The number of hydrogen-bond donors (Lipinski definition) is 1. The molecule has 0 aliphatic carbocycles. The van der Waals surface area contributed by atoms with Crippen molar-refractivity contribution in [1.29, 1.82) is 0 Å². The van der Waals surface area contributed by atoms with Crippen molar-refractivity contribution < 1.29 is 22.7 Å². The normalized spacial score (nSPS) is 13.4. The van der Waals surface area contributed by atoms with Crippen molar-refractivity contribution in [3.63, 3.8) is 0 Å². The number of carbonyl (C=O) groups excluding carboxylic acids is 1. The third kappa shape index (κ3) is 3.53. The molecule has 144 valence electrons. The average Bonchev–Trinajstić information content (AvgIpc) is 3.09. The Bertz CT molecular complexity index is 1040. The second-order valence-electron chi connectivity index (χ2n) is 6.11. The van der Waals surface area contributed by atoms with Crippen LogP contribution in [0.1, 0.15) is 27.3 Å². The summed E-state index contributed by atoms with van der Waals surface area (Å²) in [5.74, 6) is -1.88. The van der Waals surface area contributed by atoms with Crippen LogP contribution in [-0.4, -0.2) is 38.8 Å². The number of pyridine rings is 2. The summed E-state index contributed by atoms with van der Waals surface area (Å²) >= 11 is 0. The Balaban J connectivity index is 1.58. The number of fused-ring (bicyclic) bond motifs is 1. The van der Waals surface area contributed by atoms with Crippen LogP contribution in [0.3, 0.4) is 0 Å². The Morgan fingerprint density at radius 1 is 1.25 bits per heavy atom. The van der Waals surface area contributed by atoms with Gasteiger partial charge in [-0.25, -0.2) is 14.1 Å². The van der Waals surface area contributed by atoms with Crippen molar-refractivity contribution in [2.45, 2.75) is 19.5 Å². The maximum absolute atomic E-state index is 13.8. The minimum absolute atomic E-state index is 0.158. The van der Waals surface area contributed by atoms with Crippen LogP contribution in [0, 0.1) is 5.82 Å². The molecule has 0 bridgehead atoms. The van der Waals surface area contributed by atoms with Crippen molar-refractivity contribution in [3.05, 3.63) is 65.1 Å². The Morgan fingerprint density at radius 2 is 2.11 bits per heavy atom. The minimum Gasteiger partial charge on any atom is -0.414 e. The van der Waals surface area contributed by atoms with Gasteiger partial charge in [-0.3, -0.25) is 9.78 Å². The van der Waals surface area contributed by atoms with Crippen molar-refractivity contribution in [1.82, 2.24) is 25.1 Å². The summed E-state index contributed by atoms with van der Waals surface area (Å²) < 4.78 is 43.9. The van der Waals surface area contributed by atoms with E-state index in [-0.39, 0.29) is 12.3 Å². The molecule has 4 rings (SSSR count). The largest absolute Gasteiger partial charge is 0.414 e. The zero-order valence-electron chi connectivity index (χ0n) is 14.4. The number of alkyl halides is 2. The van der Waals surface area contributed by atoms with Gasteiger partial charge in [0, 0.05) is 37.5 Å². The number of nitrogens with zero attached hydrogens (tertiary/aromatic N) is 4. The molecule has 1 aliphatic heterocycles. The van der Waals surface area contributed by atoms with Crippen molar-refractivity contribution >= 4 is 5.91 Å². The smallest absolute Gasteiger partial charge is 0.388 e. The summed E-state index contributed by atoms with van der Waals surface area (Å²) in [6.07, 6.45) is 5.25. The van der Waals surface area contributed by atoms with Gasteiger partial charge in [0.25, 0.3) is 11.8 Å². The summed E-state index contributed by atoms with van der Waals surface area (Å²) in [6.45, 7) is -2.61. The van der Waals surface area contributed by atoms with Crippen molar-refractivity contribution in [2.24, 2.45) is 0 Å². The van der Waals surface area contributed by atoms with Gasteiger partial charge in [0.1, 0.15) is 0 Å². The molecule has 7 nitrogen and oxygen atoms in total. The number of amides is 1. The fraction of sp³-hybridized carbons (Fsp3) is 0.222. The van der Waals surface area contributed by atoms with Gasteiger partial charge in [-0.05, 0) is 23.8 Å². The van der Waals surface area contributed by atoms with Crippen LogP contribution in [0.2, 0.25) is 0 Å². The van der Waals surface area contributed by atoms with E-state index in [2.05, 4.69) is 25.1 Å². The second kappa shape index (κ2) is 7.29. The Hall–Kier alpha value is -3.43. The lowest BCUT2D eigenvalue weighted by Gasteiger charge is -2.15. The summed E-state index contributed by atoms with van der Waals surface area (Å²) in [5.41, 5.74) is 3.11. The minimum atomic E-state index is -3.15. The number of halogens is 3. The van der Waals surface area contributed by atoms with Gasteiger partial charge in [-0.15, -0.1) is 0 Å². The molecule has 0 aromatic carbocycles. The molecule has 1 amide bonds. The van der Waals surface area contributed by atoms with Crippen LogP contribution >= 0.6 is 0 Å². The van der Waals surface area contributed by atoms with Gasteiger partial charge in [0.15, 0.2) is 5.82 Å². The van der Waals surface area contributed by atoms with Gasteiger partial charge >= 0.3 is 6.61 Å². The van der Waals surface area contributed by atoms with E-state index in [9.17, 15) is 18.0 Å². The van der Waals surface area contributed by atoms with E-state index < -0.39 is 18.3 Å². The monoisotopic (exact) mass is 389 g/mol. The zero-order valence-corrected chi connectivity index (χ0v) is 14.4. The molecular formula is C18H14F3N5O2. The van der Waals surface area contributed by atoms with Crippen LogP contribution in [0.25, 0.3) is 5.69 Å². The van der Waals surface area contributed by atoms with Gasteiger partial charge in [0.05, 0.1) is 23.1 Å². The van der Waals surface area contributed by atoms with Crippen LogP contribution in [0.15, 0.2) is 36.8 Å². The summed E-state index contributed by atoms with van der Waals surface area (Å²) in [6, 6.07) is 4.60. The molecule has 0 atom stereocenters. The van der Waals surface area contributed by atoms with Crippen LogP contribution < -0.4 is 10.1 Å². The molecule has 1 N–H and O–H groups in total. The predicted molar refractivity (Wildman–Crippen MR) is 91.0 cm³/mol. The van der Waals surface area contributed by atoms with E-state index in [0.29, 0.717) is 35.5 Å². The zero-order chi connectivity index (χ0) is 19.7. The summed E-state index contributed by atoms with van der Waals surface area (Å²) in [7, 11) is 0. The molecule has 3 aromatic heterocycles. The van der Waals surface area contributed by atoms with E-state index in [1.54, 1.807) is 23.0 Å². The average molecular weight is 389 g/mol. The molecule has 0 fully saturated rings. The Labute approximate surface area is 157 Å². The Kier molecular flexibility index (Phi) is 4.68. The lowest BCUT2D eigenvalue weighted by molar-refractivity contribution is -0.0553. The molecule has 10 heteroatoms. The summed E-state index contributed by atoms with van der Waals surface area (Å²) in [5, 5.41) is 7.05. The number of carbonyl (C=O) groups is 1. The van der Waals surface area contributed by atoms with Crippen LogP contribution in [0.5, 0.6) is 5.88 Å². The Morgan fingerprint density at radius 3 is 2.89 bits per heavy atom. The molecule has 0 saturated carbocycles. The highest BCUT2D eigenvalue weighted by Crippen LogP contribution is 2.21. The first-order valence-corrected chi connectivity index (χ1v) is 8.41. The van der Waals surface area contributed by atoms with Gasteiger partial charge in [-0.1, -0.05) is 0 Å². The number of aromatic nitrogens is 4.